The molecule has 0 amide bonds. The third-order valence-corrected chi connectivity index (χ3v) is 1.69. The Balaban J connectivity index is 2.38. The quantitative estimate of drug-likeness (QED) is 0.593. The lowest BCUT2D eigenvalue weighted by Crippen LogP contribution is -2.18. The Labute approximate surface area is 89.8 Å². The molecule has 0 aliphatic carbocycles. The number of benzene rings is 1. The number of ether oxygens (including phenoxy) is 2. The summed E-state index contributed by atoms with van der Waals surface area (Å²) >= 11 is 0. The molecule has 0 aromatic heterocycles. The van der Waals surface area contributed by atoms with Crippen molar-refractivity contribution in [2.75, 3.05) is 13.2 Å². The zero-order valence-electron chi connectivity index (χ0n) is 8.47. The van der Waals surface area contributed by atoms with Crippen molar-refractivity contribution in [2.45, 2.75) is 13.3 Å². The minimum absolute atomic E-state index is 0.0867. The second-order valence-corrected chi connectivity index (χ2v) is 3.08. The molecule has 1 rings (SSSR count). The summed E-state index contributed by atoms with van der Waals surface area (Å²) in [5, 5.41) is 0. The zero-order chi connectivity index (χ0) is 12.2. The molecule has 0 heterocycles. The van der Waals surface area contributed by atoms with E-state index in [0.717, 1.165) is 0 Å². The van der Waals surface area contributed by atoms with Crippen molar-refractivity contribution < 1.29 is 27.0 Å². The molecule has 0 saturated carbocycles. The van der Waals surface area contributed by atoms with Crippen LogP contribution >= 0.6 is 0 Å². The molecule has 0 aliphatic heterocycles. The molecule has 0 saturated heterocycles. The molecule has 0 radical (unpaired) electrons. The minimum Gasteiger partial charge on any atom is -0.488 e. The molecule has 90 valence electrons. The normalized spacial score (nSPS) is 11.6. The van der Waals surface area contributed by atoms with E-state index in [1.807, 2.05) is 0 Å². The van der Waals surface area contributed by atoms with E-state index in [1.54, 1.807) is 13.0 Å². The van der Waals surface area contributed by atoms with Crippen molar-refractivity contribution in [2.24, 2.45) is 0 Å². The van der Waals surface area contributed by atoms with E-state index in [4.69, 9.17) is 4.74 Å². The maximum atomic E-state index is 13.1. The topological polar surface area (TPSA) is 18.5 Å². The van der Waals surface area contributed by atoms with Gasteiger partial charge in [-0.25, -0.2) is 4.39 Å². The Morgan fingerprint density at radius 3 is 2.44 bits per heavy atom. The zero-order valence-corrected chi connectivity index (χ0v) is 8.47. The molecule has 16 heavy (non-hydrogen) atoms. The van der Waals surface area contributed by atoms with Gasteiger partial charge in [-0.1, -0.05) is 6.07 Å². The third kappa shape index (κ3) is 4.48. The molecule has 0 unspecified atom stereocenters. The predicted molar refractivity (Wildman–Crippen MR) is 48.6 cm³/mol. The van der Waals surface area contributed by atoms with Crippen LogP contribution in [0.5, 0.6) is 5.75 Å². The van der Waals surface area contributed by atoms with Crippen molar-refractivity contribution in [3.8, 4) is 5.75 Å². The molecule has 0 N–H and O–H groups in total. The van der Waals surface area contributed by atoms with Gasteiger partial charge in [-0.15, -0.1) is 13.2 Å². The van der Waals surface area contributed by atoms with E-state index in [2.05, 4.69) is 4.74 Å². The Morgan fingerprint density at radius 2 is 1.88 bits per heavy atom. The van der Waals surface area contributed by atoms with Crippen LogP contribution in [-0.4, -0.2) is 19.6 Å². The van der Waals surface area contributed by atoms with Gasteiger partial charge >= 0.3 is 6.36 Å². The van der Waals surface area contributed by atoms with Crippen LogP contribution in [0.1, 0.15) is 5.56 Å². The third-order valence-electron chi connectivity index (χ3n) is 1.69. The smallest absolute Gasteiger partial charge is 0.488 e. The van der Waals surface area contributed by atoms with Crippen LogP contribution in [-0.2, 0) is 4.74 Å². The van der Waals surface area contributed by atoms with Gasteiger partial charge in [0.05, 0.1) is 6.61 Å². The fourth-order valence-corrected chi connectivity index (χ4v) is 1.03. The predicted octanol–water partition coefficient (Wildman–Crippen LogP) is 3.05. The van der Waals surface area contributed by atoms with Gasteiger partial charge in [-0.05, 0) is 24.6 Å². The standard InChI is InChI=1S/C10H10F4O2/c1-7-2-3-9(8(11)6-7)15-4-5-16-10(12,13)14/h2-3,6H,4-5H2,1H3. The van der Waals surface area contributed by atoms with Crippen LogP contribution < -0.4 is 4.74 Å². The summed E-state index contributed by atoms with van der Waals surface area (Å²) in [6, 6.07) is 4.20. The van der Waals surface area contributed by atoms with Crippen LogP contribution in [0.2, 0.25) is 0 Å². The highest BCUT2D eigenvalue weighted by atomic mass is 19.4. The van der Waals surface area contributed by atoms with E-state index in [-0.39, 0.29) is 12.4 Å². The molecule has 0 bridgehead atoms. The summed E-state index contributed by atoms with van der Waals surface area (Å²) in [5.41, 5.74) is 0.705. The molecular weight excluding hydrogens is 228 g/mol. The van der Waals surface area contributed by atoms with E-state index >= 15 is 0 Å². The lowest BCUT2D eigenvalue weighted by atomic mass is 10.2. The van der Waals surface area contributed by atoms with Crippen molar-refractivity contribution in [3.05, 3.63) is 29.6 Å². The first-order chi connectivity index (χ1) is 7.38. The summed E-state index contributed by atoms with van der Waals surface area (Å²) in [4.78, 5) is 0. The van der Waals surface area contributed by atoms with E-state index < -0.39 is 18.8 Å². The summed E-state index contributed by atoms with van der Waals surface area (Å²) in [6.45, 7) is 0.663. The molecule has 0 spiro atoms. The van der Waals surface area contributed by atoms with Crippen molar-refractivity contribution in [1.82, 2.24) is 0 Å². The number of rotatable bonds is 4. The van der Waals surface area contributed by atoms with E-state index in [9.17, 15) is 17.6 Å². The highest BCUT2D eigenvalue weighted by Gasteiger charge is 2.28. The van der Waals surface area contributed by atoms with Crippen LogP contribution in [0.4, 0.5) is 17.6 Å². The fraction of sp³-hybridized carbons (Fsp3) is 0.400. The molecule has 0 atom stereocenters. The molecular formula is C10H10F4O2. The summed E-state index contributed by atoms with van der Waals surface area (Å²) in [5.74, 6) is -0.691. The second-order valence-electron chi connectivity index (χ2n) is 3.08. The van der Waals surface area contributed by atoms with Gasteiger partial charge in [-0.3, -0.25) is 4.74 Å². The van der Waals surface area contributed by atoms with Gasteiger partial charge in [-0.2, -0.15) is 0 Å². The first-order valence-electron chi connectivity index (χ1n) is 4.48. The summed E-state index contributed by atoms with van der Waals surface area (Å²) in [6.07, 6.45) is -4.69. The largest absolute Gasteiger partial charge is 0.522 e. The number of aryl methyl sites for hydroxylation is 1. The second kappa shape index (κ2) is 5.16. The number of alkyl halides is 3. The van der Waals surface area contributed by atoms with Crippen LogP contribution in [0, 0.1) is 12.7 Å². The lowest BCUT2D eigenvalue weighted by molar-refractivity contribution is -0.325. The minimum atomic E-state index is -4.69. The van der Waals surface area contributed by atoms with Gasteiger partial charge in [0.25, 0.3) is 0 Å². The Kier molecular flexibility index (Phi) is 4.12. The van der Waals surface area contributed by atoms with Gasteiger partial charge in [0.2, 0.25) is 0 Å². The van der Waals surface area contributed by atoms with Gasteiger partial charge in [0, 0.05) is 0 Å². The first kappa shape index (κ1) is 12.8. The van der Waals surface area contributed by atoms with Crippen molar-refractivity contribution in [3.63, 3.8) is 0 Å². The molecule has 1 aromatic rings. The molecule has 0 aliphatic rings. The van der Waals surface area contributed by atoms with E-state index in [0.29, 0.717) is 5.56 Å². The number of halogens is 4. The highest BCUT2D eigenvalue weighted by molar-refractivity contribution is 5.28. The van der Waals surface area contributed by atoms with Crippen molar-refractivity contribution >= 4 is 0 Å². The molecule has 0 fully saturated rings. The summed E-state index contributed by atoms with van der Waals surface area (Å²) < 4.78 is 56.1. The number of hydrogen-bond donors (Lipinski definition) is 0. The van der Waals surface area contributed by atoms with Gasteiger partial charge < -0.3 is 4.74 Å². The maximum absolute atomic E-state index is 13.1. The lowest BCUT2D eigenvalue weighted by Gasteiger charge is -2.09. The monoisotopic (exact) mass is 238 g/mol. The van der Waals surface area contributed by atoms with Gasteiger partial charge in [0.1, 0.15) is 6.61 Å². The SMILES string of the molecule is Cc1ccc(OCCOC(F)(F)F)c(F)c1. The maximum Gasteiger partial charge on any atom is 0.522 e. The van der Waals surface area contributed by atoms with E-state index in [1.165, 1.54) is 12.1 Å². The Morgan fingerprint density at radius 1 is 1.19 bits per heavy atom. The van der Waals surface area contributed by atoms with Crippen LogP contribution in [0.25, 0.3) is 0 Å². The number of hydrogen-bond acceptors (Lipinski definition) is 2. The summed E-state index contributed by atoms with van der Waals surface area (Å²) in [7, 11) is 0. The van der Waals surface area contributed by atoms with Crippen LogP contribution in [0.3, 0.4) is 0 Å². The average molecular weight is 238 g/mol. The Hall–Kier alpha value is -1.30. The van der Waals surface area contributed by atoms with Crippen molar-refractivity contribution in [1.29, 1.82) is 0 Å². The molecule has 1 aromatic carbocycles. The average Bonchev–Trinajstić information content (AvgIpc) is 2.13. The first-order valence-corrected chi connectivity index (χ1v) is 4.48. The highest BCUT2D eigenvalue weighted by Crippen LogP contribution is 2.19. The van der Waals surface area contributed by atoms with Gasteiger partial charge in [0.15, 0.2) is 11.6 Å². The fourth-order valence-electron chi connectivity index (χ4n) is 1.03. The van der Waals surface area contributed by atoms with Crippen LogP contribution in [0.15, 0.2) is 18.2 Å². The molecule has 2 nitrogen and oxygen atoms in total. The Bertz CT molecular complexity index is 349. The molecule has 6 heteroatoms.